The van der Waals surface area contributed by atoms with E-state index in [-0.39, 0.29) is 11.8 Å². The van der Waals surface area contributed by atoms with Gasteiger partial charge in [-0.3, -0.25) is 9.69 Å². The fourth-order valence-electron chi connectivity index (χ4n) is 5.34. The fraction of sp³-hybridized carbons (Fsp3) is 0.357. The molecule has 1 fully saturated rings. The number of benzene rings is 2. The van der Waals surface area contributed by atoms with Crippen LogP contribution < -0.4 is 4.74 Å². The Morgan fingerprint density at radius 2 is 2.06 bits per heavy atom. The van der Waals surface area contributed by atoms with Crippen LogP contribution >= 0.6 is 0 Å². The number of nitrogens with one attached hydrogen (secondary N) is 1. The lowest BCUT2D eigenvalue weighted by Crippen LogP contribution is -2.43. The Morgan fingerprint density at radius 1 is 1.21 bits per heavy atom. The van der Waals surface area contributed by atoms with Gasteiger partial charge in [-0.15, -0.1) is 0 Å². The molecule has 1 aromatic heterocycles. The molecule has 1 N–H and O–H groups in total. The summed E-state index contributed by atoms with van der Waals surface area (Å²) in [6.07, 6.45) is 8.17. The maximum atomic E-state index is 13.2. The highest BCUT2D eigenvalue weighted by molar-refractivity contribution is 6.01. The van der Waals surface area contributed by atoms with Crippen molar-refractivity contribution in [2.45, 2.75) is 44.2 Å². The molecule has 5 rings (SSSR count). The molecule has 2 atom stereocenters. The predicted octanol–water partition coefficient (Wildman–Crippen LogP) is 5.31. The number of carbonyl (C=O) groups is 2. The van der Waals surface area contributed by atoms with Crippen LogP contribution in [0.25, 0.3) is 17.0 Å². The third kappa shape index (κ3) is 4.26. The largest absolute Gasteiger partial charge is 0.486 e. The summed E-state index contributed by atoms with van der Waals surface area (Å²) in [5.74, 6) is 0.321. The molecule has 1 spiro atoms. The third-order valence-corrected chi connectivity index (χ3v) is 7.28. The first kappa shape index (κ1) is 22.4. The van der Waals surface area contributed by atoms with Gasteiger partial charge in [0.1, 0.15) is 11.4 Å². The van der Waals surface area contributed by atoms with E-state index in [0.717, 1.165) is 43.4 Å². The second kappa shape index (κ2) is 9.11. The van der Waals surface area contributed by atoms with Crippen molar-refractivity contribution in [3.63, 3.8) is 0 Å². The van der Waals surface area contributed by atoms with Crippen molar-refractivity contribution in [1.29, 1.82) is 0 Å². The molecule has 2 aliphatic heterocycles. The van der Waals surface area contributed by atoms with Crippen LogP contribution in [0.5, 0.6) is 5.75 Å². The molecule has 0 saturated carbocycles. The summed E-state index contributed by atoms with van der Waals surface area (Å²) >= 11 is 0. The minimum Gasteiger partial charge on any atom is -0.486 e. The molecule has 34 heavy (non-hydrogen) atoms. The highest BCUT2D eigenvalue weighted by Crippen LogP contribution is 2.41. The van der Waals surface area contributed by atoms with Crippen molar-refractivity contribution >= 4 is 28.7 Å². The van der Waals surface area contributed by atoms with Gasteiger partial charge in [-0.2, -0.15) is 0 Å². The van der Waals surface area contributed by atoms with E-state index in [1.165, 1.54) is 24.1 Å². The van der Waals surface area contributed by atoms with Crippen molar-refractivity contribution in [3.8, 4) is 5.75 Å². The highest BCUT2D eigenvalue weighted by Gasteiger charge is 2.42. The monoisotopic (exact) mass is 458 g/mol. The molecule has 2 unspecified atom stereocenters. The first-order valence-corrected chi connectivity index (χ1v) is 11.9. The fourth-order valence-corrected chi connectivity index (χ4v) is 5.34. The van der Waals surface area contributed by atoms with Crippen molar-refractivity contribution in [1.82, 2.24) is 9.88 Å². The molecule has 2 aliphatic rings. The Balaban J connectivity index is 1.32. The Hall–Kier alpha value is -3.38. The number of nitrogens with zero attached hydrogens (tertiary/aromatic N) is 1. The molecule has 6 nitrogen and oxygen atoms in total. The van der Waals surface area contributed by atoms with Gasteiger partial charge in [0.25, 0.3) is 0 Å². The van der Waals surface area contributed by atoms with Crippen LogP contribution in [0.4, 0.5) is 0 Å². The average Bonchev–Trinajstić information content (AvgIpc) is 3.18. The van der Waals surface area contributed by atoms with Crippen LogP contribution in [0.15, 0.2) is 54.7 Å². The van der Waals surface area contributed by atoms with Gasteiger partial charge in [0.2, 0.25) is 0 Å². The van der Waals surface area contributed by atoms with E-state index in [9.17, 15) is 9.59 Å². The third-order valence-electron chi connectivity index (χ3n) is 7.28. The van der Waals surface area contributed by atoms with Gasteiger partial charge < -0.3 is 14.5 Å². The number of carbonyl (C=O) groups excluding carboxylic acids is 2. The highest BCUT2D eigenvalue weighted by atomic mass is 16.5. The summed E-state index contributed by atoms with van der Waals surface area (Å²) in [6.45, 7) is 4.12. The van der Waals surface area contributed by atoms with E-state index in [4.69, 9.17) is 4.74 Å². The number of aromatic nitrogens is 1. The van der Waals surface area contributed by atoms with Crippen LogP contribution in [0, 0.1) is 0 Å². The number of H-pyrrole nitrogens is 1. The maximum absolute atomic E-state index is 13.2. The number of rotatable bonds is 4. The van der Waals surface area contributed by atoms with E-state index < -0.39 is 11.6 Å². The van der Waals surface area contributed by atoms with Crippen molar-refractivity contribution in [2.75, 3.05) is 20.2 Å². The lowest BCUT2D eigenvalue weighted by molar-refractivity contribution is -0.134. The summed E-state index contributed by atoms with van der Waals surface area (Å²) < 4.78 is 11.2. The molecular weight excluding hydrogens is 428 g/mol. The first-order valence-electron chi connectivity index (χ1n) is 11.9. The lowest BCUT2D eigenvalue weighted by atomic mass is 9.84. The van der Waals surface area contributed by atoms with Crippen LogP contribution in [-0.2, 0) is 9.53 Å². The molecule has 0 radical (unpaired) electrons. The summed E-state index contributed by atoms with van der Waals surface area (Å²) in [5, 5.41) is 1.27. The second-order valence-electron chi connectivity index (χ2n) is 9.35. The standard InChI is InChI=1S/C28H30N2O4/c1-19(23-18-29-24-7-4-3-6-21(23)24)30-14-5-12-28(13-15-30)17-25(31)22-16-20(8-10-26(22)34-28)9-11-27(32)33-2/h3-4,6-11,16,18-19,29H,5,12-15,17H2,1-2H3/b11-9+. The number of esters is 1. The topological polar surface area (TPSA) is 71.6 Å². The van der Waals surface area contributed by atoms with Gasteiger partial charge in [0.15, 0.2) is 5.78 Å². The zero-order valence-corrected chi connectivity index (χ0v) is 19.7. The number of ether oxygens (including phenoxy) is 2. The molecule has 1 saturated heterocycles. The maximum Gasteiger partial charge on any atom is 0.330 e. The Morgan fingerprint density at radius 3 is 2.91 bits per heavy atom. The van der Waals surface area contributed by atoms with Gasteiger partial charge in [0.05, 0.1) is 19.1 Å². The number of Topliss-reactive ketones (excluding diaryl/α,β-unsaturated/α-hetero) is 1. The lowest BCUT2D eigenvalue weighted by Gasteiger charge is -2.38. The van der Waals surface area contributed by atoms with Crippen molar-refractivity contribution < 1.29 is 19.1 Å². The Labute approximate surface area is 199 Å². The quantitative estimate of drug-likeness (QED) is 0.424. The van der Waals surface area contributed by atoms with Gasteiger partial charge in [-0.05, 0) is 61.7 Å². The van der Waals surface area contributed by atoms with Crippen LogP contribution in [0.1, 0.15) is 60.1 Å². The van der Waals surface area contributed by atoms with Crippen molar-refractivity contribution in [3.05, 3.63) is 71.4 Å². The zero-order chi connectivity index (χ0) is 23.7. The summed E-state index contributed by atoms with van der Waals surface area (Å²) in [7, 11) is 1.34. The van der Waals surface area contributed by atoms with Gasteiger partial charge in [0, 0.05) is 42.2 Å². The summed E-state index contributed by atoms with van der Waals surface area (Å²) in [6, 6.07) is 14.2. The number of methoxy groups -OCH3 is 1. The number of likely N-dealkylation sites (tertiary alicyclic amines) is 1. The van der Waals surface area contributed by atoms with E-state index in [1.807, 2.05) is 12.1 Å². The SMILES string of the molecule is COC(=O)/C=C/c1ccc2c(c1)C(=O)CC1(CCCN(C(C)c3c[nH]c4ccccc34)CC1)O2. The van der Waals surface area contributed by atoms with E-state index in [2.05, 4.69) is 52.0 Å². The minimum absolute atomic E-state index is 0.104. The molecule has 3 aromatic rings. The van der Waals surface area contributed by atoms with E-state index in [0.29, 0.717) is 17.7 Å². The Bertz CT molecular complexity index is 1260. The molecule has 0 bridgehead atoms. The Kier molecular flexibility index (Phi) is 6.00. The van der Waals surface area contributed by atoms with Crippen LogP contribution in [0.2, 0.25) is 0 Å². The summed E-state index contributed by atoms with van der Waals surface area (Å²) in [4.78, 5) is 30.4. The molecule has 2 aromatic carbocycles. The zero-order valence-electron chi connectivity index (χ0n) is 19.7. The van der Waals surface area contributed by atoms with Gasteiger partial charge >= 0.3 is 5.97 Å². The molecular formula is C28H30N2O4. The molecule has 176 valence electrons. The molecule has 0 aliphatic carbocycles. The number of fused-ring (bicyclic) bond motifs is 2. The van der Waals surface area contributed by atoms with Gasteiger partial charge in [-0.25, -0.2) is 4.79 Å². The molecule has 6 heteroatoms. The average molecular weight is 459 g/mol. The number of hydrogen-bond donors (Lipinski definition) is 1. The van der Waals surface area contributed by atoms with Crippen LogP contribution in [0.3, 0.4) is 0 Å². The van der Waals surface area contributed by atoms with E-state index >= 15 is 0 Å². The normalized spacial score (nSPS) is 21.9. The predicted molar refractivity (Wildman–Crippen MR) is 132 cm³/mol. The number of hydrogen-bond acceptors (Lipinski definition) is 5. The summed E-state index contributed by atoms with van der Waals surface area (Å²) in [5.41, 5.74) is 3.38. The number of aromatic amines is 1. The number of para-hydroxylation sites is 1. The molecule has 0 amide bonds. The number of ketones is 1. The molecule has 3 heterocycles. The minimum atomic E-state index is -0.456. The smallest absolute Gasteiger partial charge is 0.330 e. The van der Waals surface area contributed by atoms with Crippen molar-refractivity contribution in [2.24, 2.45) is 0 Å². The van der Waals surface area contributed by atoms with E-state index in [1.54, 1.807) is 12.1 Å². The first-order chi connectivity index (χ1) is 16.5. The second-order valence-corrected chi connectivity index (χ2v) is 9.35. The van der Waals surface area contributed by atoms with Crippen LogP contribution in [-0.4, -0.2) is 47.4 Å². The van der Waals surface area contributed by atoms with Gasteiger partial charge in [-0.1, -0.05) is 24.3 Å².